The molecule has 1 aliphatic heterocycles. The lowest BCUT2D eigenvalue weighted by Crippen LogP contribution is -2.34. The number of hydrogen-bond donors (Lipinski definition) is 0. The Morgan fingerprint density at radius 2 is 2.16 bits per heavy atom. The molecule has 0 spiro atoms. The van der Waals surface area contributed by atoms with Gasteiger partial charge < -0.3 is 9.47 Å². The minimum atomic E-state index is -3.73. The van der Waals surface area contributed by atoms with Gasteiger partial charge in [0.2, 0.25) is 0 Å². The first-order valence-electron chi connectivity index (χ1n) is 5.28. The number of Topliss-reactive ketones (excluding diaryl/α,β-unsaturated/α-hetero) is 1. The highest BCUT2D eigenvalue weighted by molar-refractivity contribution is 7.86. The molecule has 1 aromatic carbocycles. The van der Waals surface area contributed by atoms with Crippen LogP contribution in [-0.4, -0.2) is 33.4 Å². The number of hydrogen-bond acceptors (Lipinski definition) is 6. The molecule has 0 N–H and O–H groups in total. The van der Waals surface area contributed by atoms with E-state index in [-0.39, 0.29) is 29.5 Å². The van der Waals surface area contributed by atoms with Gasteiger partial charge in [-0.05, 0) is 13.0 Å². The molecule has 0 aliphatic carbocycles. The van der Waals surface area contributed by atoms with Gasteiger partial charge in [0.15, 0.2) is 23.9 Å². The van der Waals surface area contributed by atoms with Gasteiger partial charge in [-0.2, -0.15) is 8.42 Å². The minimum absolute atomic E-state index is 0.0350. The molecule has 0 amide bonds. The summed E-state index contributed by atoms with van der Waals surface area (Å²) in [6, 6.07) is 2.03. The lowest BCUT2D eigenvalue weighted by Gasteiger charge is -2.26. The van der Waals surface area contributed by atoms with Crippen LogP contribution in [0.15, 0.2) is 12.1 Å². The van der Waals surface area contributed by atoms with Gasteiger partial charge in [-0.25, -0.2) is 8.57 Å². The van der Waals surface area contributed by atoms with Crippen LogP contribution in [0.25, 0.3) is 0 Å². The summed E-state index contributed by atoms with van der Waals surface area (Å²) in [4.78, 5) is 11.4. The zero-order valence-electron chi connectivity index (χ0n) is 10.2. The third-order valence-corrected chi connectivity index (χ3v) is 2.87. The summed E-state index contributed by atoms with van der Waals surface area (Å²) in [5, 5.41) is 0. The van der Waals surface area contributed by atoms with Crippen LogP contribution < -0.4 is 9.47 Å². The molecule has 1 heterocycles. The summed E-state index contributed by atoms with van der Waals surface area (Å²) in [7, 11) is -3.73. The Labute approximate surface area is 109 Å². The molecule has 0 saturated heterocycles. The molecule has 6 nitrogen and oxygen atoms in total. The van der Waals surface area contributed by atoms with E-state index in [0.29, 0.717) is 0 Å². The topological polar surface area (TPSA) is 78.9 Å². The SMILES string of the molecule is CC(=O)c1cc(F)cc2c1OC[C@@H](OS(C)(=O)=O)O2. The number of benzene rings is 1. The van der Waals surface area contributed by atoms with E-state index in [2.05, 4.69) is 4.18 Å². The number of carbonyl (C=O) groups excluding carboxylic acids is 1. The van der Waals surface area contributed by atoms with Gasteiger partial charge in [0.05, 0.1) is 11.8 Å². The van der Waals surface area contributed by atoms with Gasteiger partial charge in [0.25, 0.3) is 16.4 Å². The van der Waals surface area contributed by atoms with Crippen LogP contribution in [0.1, 0.15) is 17.3 Å². The zero-order valence-corrected chi connectivity index (χ0v) is 11.0. The van der Waals surface area contributed by atoms with E-state index in [4.69, 9.17) is 9.47 Å². The molecular weight excluding hydrogens is 279 g/mol. The van der Waals surface area contributed by atoms with Gasteiger partial charge >= 0.3 is 0 Å². The summed E-state index contributed by atoms with van der Waals surface area (Å²) < 4.78 is 50.3. The normalized spacial score (nSPS) is 18.2. The fourth-order valence-electron chi connectivity index (χ4n) is 1.64. The van der Waals surface area contributed by atoms with Crippen LogP contribution in [0.4, 0.5) is 4.39 Å². The maximum Gasteiger partial charge on any atom is 0.267 e. The number of fused-ring (bicyclic) bond motifs is 1. The summed E-state index contributed by atoms with van der Waals surface area (Å²) in [6.07, 6.45) is -0.345. The van der Waals surface area contributed by atoms with Gasteiger partial charge in [0, 0.05) is 6.07 Å². The first-order valence-corrected chi connectivity index (χ1v) is 7.10. The molecule has 0 saturated carbocycles. The Morgan fingerprint density at radius 3 is 2.74 bits per heavy atom. The number of halogens is 1. The van der Waals surface area contributed by atoms with Gasteiger partial charge in [0.1, 0.15) is 5.82 Å². The Hall–Kier alpha value is -1.67. The first kappa shape index (κ1) is 13.8. The highest BCUT2D eigenvalue weighted by Gasteiger charge is 2.28. The Morgan fingerprint density at radius 1 is 1.47 bits per heavy atom. The smallest absolute Gasteiger partial charge is 0.267 e. The predicted octanol–water partition coefficient (Wildman–Crippen LogP) is 1.10. The molecule has 1 aliphatic rings. The predicted molar refractivity (Wildman–Crippen MR) is 62.2 cm³/mol. The third kappa shape index (κ3) is 3.21. The van der Waals surface area contributed by atoms with Crippen molar-refractivity contribution in [1.29, 1.82) is 0 Å². The van der Waals surface area contributed by atoms with E-state index < -0.39 is 22.2 Å². The van der Waals surface area contributed by atoms with Crippen molar-refractivity contribution < 1.29 is 31.3 Å². The molecule has 2 rings (SSSR count). The zero-order chi connectivity index (χ0) is 14.2. The lowest BCUT2D eigenvalue weighted by atomic mass is 10.1. The van der Waals surface area contributed by atoms with E-state index in [1.54, 1.807) is 0 Å². The Balaban J connectivity index is 2.33. The number of ketones is 1. The molecule has 1 atom stereocenters. The van der Waals surface area contributed by atoms with Crippen molar-refractivity contribution in [1.82, 2.24) is 0 Å². The second-order valence-corrected chi connectivity index (χ2v) is 5.60. The van der Waals surface area contributed by atoms with Crippen LogP contribution in [0, 0.1) is 5.82 Å². The standard InChI is InChI=1S/C11H11FO6S/c1-6(13)8-3-7(12)4-9-11(8)16-5-10(17-9)18-19(2,14)15/h3-4,10H,5H2,1-2H3/t10-/m1/s1. The minimum Gasteiger partial charge on any atom is -0.482 e. The number of rotatable bonds is 3. The second-order valence-electron chi connectivity index (χ2n) is 4.00. The average Bonchev–Trinajstić information content (AvgIpc) is 2.24. The van der Waals surface area contributed by atoms with Gasteiger partial charge in [-0.15, -0.1) is 0 Å². The molecule has 0 bridgehead atoms. The van der Waals surface area contributed by atoms with Gasteiger partial charge in [-0.1, -0.05) is 0 Å². The molecular formula is C11H11FO6S. The summed E-state index contributed by atoms with van der Waals surface area (Å²) in [5.41, 5.74) is 0.0350. The number of ether oxygens (including phenoxy) is 2. The second kappa shape index (κ2) is 4.78. The van der Waals surface area contributed by atoms with Crippen molar-refractivity contribution in [3.8, 4) is 11.5 Å². The van der Waals surface area contributed by atoms with Crippen LogP contribution in [0.2, 0.25) is 0 Å². The molecule has 19 heavy (non-hydrogen) atoms. The van der Waals surface area contributed by atoms with Crippen LogP contribution >= 0.6 is 0 Å². The van der Waals surface area contributed by atoms with E-state index in [1.807, 2.05) is 0 Å². The van der Waals surface area contributed by atoms with Crippen molar-refractivity contribution in [3.63, 3.8) is 0 Å². The van der Waals surface area contributed by atoms with Crippen LogP contribution in [0.3, 0.4) is 0 Å². The lowest BCUT2D eigenvalue weighted by molar-refractivity contribution is -0.0437. The monoisotopic (exact) mass is 290 g/mol. The summed E-state index contributed by atoms with van der Waals surface area (Å²) >= 11 is 0. The van der Waals surface area contributed by atoms with Crippen LogP contribution in [0.5, 0.6) is 11.5 Å². The molecule has 0 aromatic heterocycles. The van der Waals surface area contributed by atoms with Crippen molar-refractivity contribution in [2.75, 3.05) is 12.9 Å². The molecule has 1 aromatic rings. The Kier molecular flexibility index (Phi) is 3.46. The molecule has 104 valence electrons. The fourth-order valence-corrected chi connectivity index (χ4v) is 2.12. The van der Waals surface area contributed by atoms with E-state index >= 15 is 0 Å². The maximum absolute atomic E-state index is 13.3. The highest BCUT2D eigenvalue weighted by atomic mass is 32.2. The third-order valence-electron chi connectivity index (χ3n) is 2.30. The molecule has 0 fully saturated rings. The highest BCUT2D eigenvalue weighted by Crippen LogP contribution is 2.36. The fraction of sp³-hybridized carbons (Fsp3) is 0.364. The molecule has 0 unspecified atom stereocenters. The van der Waals surface area contributed by atoms with E-state index in [1.165, 1.54) is 6.92 Å². The van der Waals surface area contributed by atoms with Crippen molar-refractivity contribution in [2.24, 2.45) is 0 Å². The van der Waals surface area contributed by atoms with E-state index in [0.717, 1.165) is 18.4 Å². The first-order chi connectivity index (χ1) is 8.76. The maximum atomic E-state index is 13.3. The van der Waals surface area contributed by atoms with Gasteiger partial charge in [-0.3, -0.25) is 4.79 Å². The largest absolute Gasteiger partial charge is 0.482 e. The number of carbonyl (C=O) groups is 1. The van der Waals surface area contributed by atoms with Crippen LogP contribution in [-0.2, 0) is 14.3 Å². The van der Waals surface area contributed by atoms with Crippen molar-refractivity contribution in [3.05, 3.63) is 23.5 Å². The molecule has 8 heteroatoms. The summed E-state index contributed by atoms with van der Waals surface area (Å²) in [6.45, 7) is 1.05. The Bertz CT molecular complexity index is 624. The van der Waals surface area contributed by atoms with E-state index in [9.17, 15) is 17.6 Å². The summed E-state index contributed by atoms with van der Waals surface area (Å²) in [5.74, 6) is -1.05. The average molecular weight is 290 g/mol. The van der Waals surface area contributed by atoms with Crippen molar-refractivity contribution >= 4 is 15.9 Å². The quantitative estimate of drug-likeness (QED) is 0.612. The molecule has 0 radical (unpaired) electrons. The van der Waals surface area contributed by atoms with Crippen molar-refractivity contribution in [2.45, 2.75) is 13.2 Å².